The SMILES string of the molecule is O=CC1=CCC(c2ccc([N+](=O)[O-])cc2)[C@@]2(C(=O)Nc3ccc([N+](=O)[O-])cc32)C1c1ccc([N+](=O)[O-])cc1. The Kier molecular flexibility index (Phi) is 5.78. The number of nitrogens with one attached hydrogen (secondary N) is 1. The number of hydrogen-bond donors (Lipinski definition) is 1. The van der Waals surface area contributed by atoms with Crippen LogP contribution in [0.2, 0.25) is 0 Å². The van der Waals surface area contributed by atoms with Gasteiger partial charge in [-0.3, -0.25) is 39.9 Å². The normalized spacial score (nSPS) is 21.8. The zero-order valence-electron chi connectivity index (χ0n) is 19.5. The van der Waals surface area contributed by atoms with Crippen LogP contribution in [0.15, 0.2) is 78.4 Å². The van der Waals surface area contributed by atoms with E-state index >= 15 is 0 Å². The average Bonchev–Trinajstić information content (AvgIpc) is 3.19. The van der Waals surface area contributed by atoms with Gasteiger partial charge in [-0.05, 0) is 34.8 Å². The van der Waals surface area contributed by atoms with E-state index < -0.39 is 37.9 Å². The number of carbonyl (C=O) groups excluding carboxylic acids is 2. The number of nitro groups is 3. The fourth-order valence-electron chi connectivity index (χ4n) is 5.69. The van der Waals surface area contributed by atoms with Crippen LogP contribution in [0, 0.1) is 30.3 Å². The van der Waals surface area contributed by atoms with Gasteiger partial charge < -0.3 is 5.32 Å². The first-order chi connectivity index (χ1) is 18.2. The van der Waals surface area contributed by atoms with Crippen molar-refractivity contribution < 1.29 is 24.4 Å². The van der Waals surface area contributed by atoms with Crippen LogP contribution in [0.25, 0.3) is 0 Å². The molecule has 0 aromatic heterocycles. The molecular formula is C26H18N4O8. The molecule has 1 N–H and O–H groups in total. The fourth-order valence-corrected chi connectivity index (χ4v) is 5.69. The number of non-ortho nitro benzene ring substituents is 3. The Labute approximate surface area is 214 Å². The van der Waals surface area contributed by atoms with E-state index in [1.54, 1.807) is 6.08 Å². The number of rotatable bonds is 6. The quantitative estimate of drug-likeness (QED) is 0.280. The molecule has 0 saturated heterocycles. The van der Waals surface area contributed by atoms with E-state index in [1.165, 1.54) is 66.7 Å². The minimum Gasteiger partial charge on any atom is -0.325 e. The second-order valence-electron chi connectivity index (χ2n) is 9.05. The summed E-state index contributed by atoms with van der Waals surface area (Å²) in [6.45, 7) is 0. The van der Waals surface area contributed by atoms with Crippen LogP contribution < -0.4 is 5.32 Å². The van der Waals surface area contributed by atoms with Gasteiger partial charge in [-0.25, -0.2) is 0 Å². The zero-order valence-corrected chi connectivity index (χ0v) is 19.5. The van der Waals surface area contributed by atoms with Crippen molar-refractivity contribution in [3.63, 3.8) is 0 Å². The van der Waals surface area contributed by atoms with Crippen molar-refractivity contribution >= 4 is 34.9 Å². The molecule has 190 valence electrons. The summed E-state index contributed by atoms with van der Waals surface area (Å²) in [6, 6.07) is 15.1. The highest BCUT2D eigenvalue weighted by Gasteiger charge is 2.60. The van der Waals surface area contributed by atoms with Gasteiger partial charge in [-0.2, -0.15) is 0 Å². The molecule has 0 saturated carbocycles. The van der Waals surface area contributed by atoms with Crippen molar-refractivity contribution in [3.05, 3.63) is 125 Å². The first kappa shape index (κ1) is 24.4. The molecule has 0 fully saturated rings. The van der Waals surface area contributed by atoms with Gasteiger partial charge in [0.05, 0.1) is 20.2 Å². The van der Waals surface area contributed by atoms with Gasteiger partial charge in [-0.1, -0.05) is 30.3 Å². The highest BCUT2D eigenvalue weighted by molar-refractivity contribution is 6.09. The van der Waals surface area contributed by atoms with Gasteiger partial charge in [0.25, 0.3) is 17.1 Å². The number of allylic oxidation sites excluding steroid dienone is 2. The predicted molar refractivity (Wildman–Crippen MR) is 134 cm³/mol. The molecule has 3 aromatic carbocycles. The molecule has 2 aliphatic rings. The highest BCUT2D eigenvalue weighted by Crippen LogP contribution is 2.60. The maximum Gasteiger partial charge on any atom is 0.269 e. The number of hydrogen-bond acceptors (Lipinski definition) is 8. The number of amides is 1. The number of fused-ring (bicyclic) bond motifs is 2. The summed E-state index contributed by atoms with van der Waals surface area (Å²) in [4.78, 5) is 58.8. The number of aldehydes is 1. The third kappa shape index (κ3) is 3.61. The minimum atomic E-state index is -1.57. The standard InChI is InChI=1S/C26H18N4O8/c31-14-17-5-11-21(15-1-6-18(7-2-15)28(33)34)26(24(17)16-3-8-19(9-4-16)29(35)36)22-13-20(30(37)38)10-12-23(22)27-25(26)32/h1-10,12-14,21,24H,11H2,(H,27,32)/t21?,24?,26-/m0/s1. The molecule has 1 amide bonds. The van der Waals surface area contributed by atoms with Gasteiger partial charge in [0.2, 0.25) is 5.91 Å². The van der Waals surface area contributed by atoms with E-state index in [0.717, 1.165) is 0 Å². The maximum absolute atomic E-state index is 14.0. The van der Waals surface area contributed by atoms with Gasteiger partial charge in [0.1, 0.15) is 6.29 Å². The summed E-state index contributed by atoms with van der Waals surface area (Å²) in [5.74, 6) is -2.15. The van der Waals surface area contributed by atoms with E-state index in [-0.39, 0.29) is 29.1 Å². The lowest BCUT2D eigenvalue weighted by Gasteiger charge is -2.45. The van der Waals surface area contributed by atoms with Crippen LogP contribution in [0.1, 0.15) is 34.9 Å². The summed E-state index contributed by atoms with van der Waals surface area (Å²) in [5, 5.41) is 37.0. The number of nitrogens with zero attached hydrogens (tertiary/aromatic N) is 3. The summed E-state index contributed by atoms with van der Waals surface area (Å²) >= 11 is 0. The number of nitro benzene ring substituents is 3. The highest BCUT2D eigenvalue weighted by atomic mass is 16.6. The van der Waals surface area contributed by atoms with Crippen molar-refractivity contribution in [1.29, 1.82) is 0 Å². The molecule has 2 unspecified atom stereocenters. The Balaban J connectivity index is 1.81. The van der Waals surface area contributed by atoms with Gasteiger partial charge in [0, 0.05) is 53.9 Å². The summed E-state index contributed by atoms with van der Waals surface area (Å²) in [5.41, 5.74) is -0.303. The molecule has 0 bridgehead atoms. The van der Waals surface area contributed by atoms with Crippen molar-refractivity contribution in [1.82, 2.24) is 0 Å². The van der Waals surface area contributed by atoms with E-state index in [2.05, 4.69) is 5.32 Å². The second-order valence-corrected chi connectivity index (χ2v) is 9.05. The van der Waals surface area contributed by atoms with Crippen LogP contribution in [0.5, 0.6) is 0 Å². The van der Waals surface area contributed by atoms with Crippen molar-refractivity contribution in [2.45, 2.75) is 23.7 Å². The molecule has 5 rings (SSSR count). The third-order valence-corrected chi connectivity index (χ3v) is 7.29. The molecule has 1 heterocycles. The number of anilines is 1. The predicted octanol–water partition coefficient (Wildman–Crippen LogP) is 4.70. The Bertz CT molecular complexity index is 1550. The largest absolute Gasteiger partial charge is 0.325 e. The zero-order chi connectivity index (χ0) is 27.2. The monoisotopic (exact) mass is 514 g/mol. The van der Waals surface area contributed by atoms with E-state index in [0.29, 0.717) is 28.7 Å². The van der Waals surface area contributed by atoms with Gasteiger partial charge in [-0.15, -0.1) is 0 Å². The van der Waals surface area contributed by atoms with E-state index in [4.69, 9.17) is 0 Å². The first-order valence-corrected chi connectivity index (χ1v) is 11.4. The Morgan fingerprint density at radius 3 is 1.84 bits per heavy atom. The molecule has 3 aromatic rings. The van der Waals surface area contributed by atoms with Crippen molar-refractivity contribution in [3.8, 4) is 0 Å². The number of carbonyl (C=O) groups is 2. The average molecular weight is 514 g/mol. The molecule has 1 spiro atoms. The molecule has 12 heteroatoms. The fraction of sp³-hybridized carbons (Fsp3) is 0.154. The molecule has 0 radical (unpaired) electrons. The van der Waals surface area contributed by atoms with Gasteiger partial charge >= 0.3 is 0 Å². The van der Waals surface area contributed by atoms with Crippen molar-refractivity contribution in [2.24, 2.45) is 0 Å². The lowest BCUT2D eigenvalue weighted by Crippen LogP contribution is -2.48. The number of benzene rings is 3. The first-order valence-electron chi connectivity index (χ1n) is 11.4. The maximum atomic E-state index is 14.0. The summed E-state index contributed by atoms with van der Waals surface area (Å²) in [6.07, 6.45) is 2.46. The van der Waals surface area contributed by atoms with Crippen LogP contribution in [-0.4, -0.2) is 27.0 Å². The lowest BCUT2D eigenvalue weighted by atomic mass is 9.54. The van der Waals surface area contributed by atoms with Crippen LogP contribution >= 0.6 is 0 Å². The molecule has 3 atom stereocenters. The van der Waals surface area contributed by atoms with Crippen LogP contribution in [0.3, 0.4) is 0 Å². The Morgan fingerprint density at radius 2 is 1.32 bits per heavy atom. The van der Waals surface area contributed by atoms with Crippen LogP contribution in [-0.2, 0) is 15.0 Å². The minimum absolute atomic E-state index is 0.151. The third-order valence-electron chi connectivity index (χ3n) is 7.29. The summed E-state index contributed by atoms with van der Waals surface area (Å²) in [7, 11) is 0. The molecular weight excluding hydrogens is 496 g/mol. The van der Waals surface area contributed by atoms with E-state index in [9.17, 15) is 39.9 Å². The molecule has 38 heavy (non-hydrogen) atoms. The molecule has 1 aliphatic carbocycles. The van der Waals surface area contributed by atoms with E-state index in [1.807, 2.05) is 0 Å². The molecule has 12 nitrogen and oxygen atoms in total. The second kappa shape index (κ2) is 9.00. The lowest BCUT2D eigenvalue weighted by molar-refractivity contribution is -0.385. The summed E-state index contributed by atoms with van der Waals surface area (Å²) < 4.78 is 0. The Hall–Kier alpha value is -5.26. The molecule has 1 aliphatic heterocycles. The smallest absolute Gasteiger partial charge is 0.269 e. The Morgan fingerprint density at radius 1 is 0.789 bits per heavy atom. The van der Waals surface area contributed by atoms with Crippen LogP contribution in [0.4, 0.5) is 22.7 Å². The van der Waals surface area contributed by atoms with Gasteiger partial charge in [0.15, 0.2) is 0 Å². The van der Waals surface area contributed by atoms with Crippen molar-refractivity contribution in [2.75, 3.05) is 5.32 Å². The topological polar surface area (TPSA) is 176 Å².